The number of para-hydroxylation sites is 1. The van der Waals surface area contributed by atoms with Gasteiger partial charge in [0.25, 0.3) is 0 Å². The molecule has 3 aromatic rings. The standard InChI is InChI=1S/C18H15ClN2O3/c1-24-16-5-3-2-4-15(16)18-20-13(10-17(22)23)11-21(18)14-8-6-12(19)7-9-14/h2-9,11H,10H2,1H3,(H,22,23). The third kappa shape index (κ3) is 3.26. The van der Waals surface area contributed by atoms with Gasteiger partial charge in [0.2, 0.25) is 0 Å². The number of nitrogens with zero attached hydrogens (tertiary/aromatic N) is 2. The molecule has 0 unspecified atom stereocenters. The van der Waals surface area contributed by atoms with Gasteiger partial charge in [0.05, 0.1) is 24.8 Å². The quantitative estimate of drug-likeness (QED) is 0.765. The number of aliphatic carboxylic acids is 1. The SMILES string of the molecule is COc1ccccc1-c1nc(CC(=O)O)cn1-c1ccc(Cl)cc1. The molecule has 0 bridgehead atoms. The molecule has 122 valence electrons. The summed E-state index contributed by atoms with van der Waals surface area (Å²) >= 11 is 5.96. The molecule has 0 amide bonds. The van der Waals surface area contributed by atoms with Crippen molar-refractivity contribution in [3.63, 3.8) is 0 Å². The number of carboxylic acids is 1. The van der Waals surface area contributed by atoms with Gasteiger partial charge < -0.3 is 9.84 Å². The second-order valence-corrected chi connectivity index (χ2v) is 5.61. The highest BCUT2D eigenvalue weighted by Gasteiger charge is 2.16. The first-order valence-electron chi connectivity index (χ1n) is 7.28. The zero-order chi connectivity index (χ0) is 17.1. The van der Waals surface area contributed by atoms with E-state index in [1.165, 1.54) is 0 Å². The van der Waals surface area contributed by atoms with Crippen LogP contribution in [0.2, 0.25) is 5.02 Å². The van der Waals surface area contributed by atoms with Crippen LogP contribution in [-0.4, -0.2) is 27.7 Å². The summed E-state index contributed by atoms with van der Waals surface area (Å²) in [7, 11) is 1.59. The van der Waals surface area contributed by atoms with Crippen molar-refractivity contribution >= 4 is 17.6 Å². The highest BCUT2D eigenvalue weighted by Crippen LogP contribution is 2.31. The Morgan fingerprint density at radius 3 is 2.58 bits per heavy atom. The molecule has 0 saturated heterocycles. The average Bonchev–Trinajstić information content (AvgIpc) is 2.98. The molecule has 5 nitrogen and oxygen atoms in total. The fourth-order valence-corrected chi connectivity index (χ4v) is 2.61. The fraction of sp³-hybridized carbons (Fsp3) is 0.111. The lowest BCUT2D eigenvalue weighted by atomic mass is 10.2. The Kier molecular flexibility index (Phi) is 4.53. The van der Waals surface area contributed by atoms with Gasteiger partial charge in [-0.15, -0.1) is 0 Å². The van der Waals surface area contributed by atoms with E-state index in [1.807, 2.05) is 41.0 Å². The summed E-state index contributed by atoms with van der Waals surface area (Å²) in [6.45, 7) is 0. The van der Waals surface area contributed by atoms with Crippen LogP contribution in [0.4, 0.5) is 0 Å². The van der Waals surface area contributed by atoms with Gasteiger partial charge in [-0.3, -0.25) is 9.36 Å². The molecule has 1 heterocycles. The number of ether oxygens (including phenoxy) is 1. The van der Waals surface area contributed by atoms with E-state index in [-0.39, 0.29) is 6.42 Å². The lowest BCUT2D eigenvalue weighted by Gasteiger charge is -2.11. The van der Waals surface area contributed by atoms with Gasteiger partial charge in [-0.25, -0.2) is 4.98 Å². The first-order valence-corrected chi connectivity index (χ1v) is 7.65. The molecular formula is C18H15ClN2O3. The van der Waals surface area contributed by atoms with Crippen LogP contribution >= 0.6 is 11.6 Å². The molecule has 0 atom stereocenters. The molecule has 1 aromatic heterocycles. The normalized spacial score (nSPS) is 10.6. The van der Waals surface area contributed by atoms with Crippen LogP contribution in [0.1, 0.15) is 5.69 Å². The molecule has 24 heavy (non-hydrogen) atoms. The Hall–Kier alpha value is -2.79. The molecule has 0 spiro atoms. The van der Waals surface area contributed by atoms with Gasteiger partial charge >= 0.3 is 5.97 Å². The molecule has 0 aliphatic rings. The number of methoxy groups -OCH3 is 1. The molecule has 0 fully saturated rings. The lowest BCUT2D eigenvalue weighted by molar-refractivity contribution is -0.136. The first kappa shape index (κ1) is 16.1. The smallest absolute Gasteiger partial charge is 0.309 e. The Morgan fingerprint density at radius 2 is 1.92 bits per heavy atom. The lowest BCUT2D eigenvalue weighted by Crippen LogP contribution is -2.00. The third-order valence-electron chi connectivity index (χ3n) is 3.54. The highest BCUT2D eigenvalue weighted by atomic mass is 35.5. The summed E-state index contributed by atoms with van der Waals surface area (Å²) in [5, 5.41) is 9.68. The van der Waals surface area contributed by atoms with Crippen LogP contribution < -0.4 is 4.74 Å². The topological polar surface area (TPSA) is 64.3 Å². The Balaban J connectivity index is 2.17. The van der Waals surface area contributed by atoms with Gasteiger partial charge in [-0.05, 0) is 36.4 Å². The number of hydrogen-bond acceptors (Lipinski definition) is 3. The number of carbonyl (C=O) groups is 1. The maximum atomic E-state index is 11.0. The van der Waals surface area contributed by atoms with Crippen molar-refractivity contribution in [3.8, 4) is 22.8 Å². The van der Waals surface area contributed by atoms with Crippen molar-refractivity contribution in [3.05, 3.63) is 65.4 Å². The van der Waals surface area contributed by atoms with Crippen LogP contribution in [-0.2, 0) is 11.2 Å². The zero-order valence-electron chi connectivity index (χ0n) is 12.9. The average molecular weight is 343 g/mol. The summed E-state index contributed by atoms with van der Waals surface area (Å²) in [6.07, 6.45) is 1.57. The van der Waals surface area contributed by atoms with Crippen molar-refractivity contribution < 1.29 is 14.6 Å². The molecule has 0 aliphatic carbocycles. The predicted molar refractivity (Wildman–Crippen MR) is 91.9 cm³/mol. The number of halogens is 1. The number of imidazole rings is 1. The van der Waals surface area contributed by atoms with E-state index in [1.54, 1.807) is 25.4 Å². The molecule has 2 aromatic carbocycles. The molecule has 0 saturated carbocycles. The van der Waals surface area contributed by atoms with Crippen LogP contribution in [0.15, 0.2) is 54.7 Å². The van der Waals surface area contributed by atoms with Crippen molar-refractivity contribution in [2.75, 3.05) is 7.11 Å². The minimum Gasteiger partial charge on any atom is -0.496 e. The summed E-state index contributed by atoms with van der Waals surface area (Å²) in [4.78, 5) is 15.5. The van der Waals surface area contributed by atoms with E-state index in [9.17, 15) is 4.79 Å². The monoisotopic (exact) mass is 342 g/mol. The summed E-state index contributed by atoms with van der Waals surface area (Å²) in [5.74, 6) is 0.355. The number of carboxylic acid groups (broad SMARTS) is 1. The number of benzene rings is 2. The molecule has 0 aliphatic heterocycles. The summed E-state index contributed by atoms with van der Waals surface area (Å²) in [5.41, 5.74) is 2.09. The Labute approximate surface area is 144 Å². The molecular weight excluding hydrogens is 328 g/mol. The van der Waals surface area contributed by atoms with E-state index < -0.39 is 5.97 Å². The van der Waals surface area contributed by atoms with Crippen LogP contribution in [0.25, 0.3) is 17.1 Å². The van der Waals surface area contributed by atoms with E-state index in [4.69, 9.17) is 21.4 Å². The van der Waals surface area contributed by atoms with Gasteiger partial charge in [-0.1, -0.05) is 23.7 Å². The Morgan fingerprint density at radius 1 is 1.21 bits per heavy atom. The van der Waals surface area contributed by atoms with Gasteiger partial charge in [-0.2, -0.15) is 0 Å². The van der Waals surface area contributed by atoms with Gasteiger partial charge in [0, 0.05) is 16.9 Å². The van der Waals surface area contributed by atoms with Crippen LogP contribution in [0.5, 0.6) is 5.75 Å². The van der Waals surface area contributed by atoms with Gasteiger partial charge in [0.15, 0.2) is 0 Å². The third-order valence-corrected chi connectivity index (χ3v) is 3.79. The van der Waals surface area contributed by atoms with Crippen LogP contribution in [0.3, 0.4) is 0 Å². The summed E-state index contributed by atoms with van der Waals surface area (Å²) in [6, 6.07) is 14.7. The van der Waals surface area contributed by atoms with E-state index in [0.717, 1.165) is 11.3 Å². The number of rotatable bonds is 5. The minimum absolute atomic E-state index is 0.150. The summed E-state index contributed by atoms with van der Waals surface area (Å²) < 4.78 is 7.25. The van der Waals surface area contributed by atoms with E-state index in [0.29, 0.717) is 22.3 Å². The molecule has 3 rings (SSSR count). The fourth-order valence-electron chi connectivity index (χ4n) is 2.49. The second kappa shape index (κ2) is 6.76. The Bertz CT molecular complexity index is 872. The van der Waals surface area contributed by atoms with Crippen molar-refractivity contribution in [1.82, 2.24) is 9.55 Å². The zero-order valence-corrected chi connectivity index (χ0v) is 13.7. The maximum absolute atomic E-state index is 11.0. The minimum atomic E-state index is -0.928. The second-order valence-electron chi connectivity index (χ2n) is 5.17. The first-order chi connectivity index (χ1) is 11.6. The largest absolute Gasteiger partial charge is 0.496 e. The maximum Gasteiger partial charge on any atom is 0.309 e. The van der Waals surface area contributed by atoms with E-state index in [2.05, 4.69) is 4.98 Å². The van der Waals surface area contributed by atoms with Gasteiger partial charge in [0.1, 0.15) is 11.6 Å². The predicted octanol–water partition coefficient (Wildman–Crippen LogP) is 3.83. The number of aromatic nitrogens is 2. The van der Waals surface area contributed by atoms with Crippen molar-refractivity contribution in [2.45, 2.75) is 6.42 Å². The molecule has 0 radical (unpaired) electrons. The highest BCUT2D eigenvalue weighted by molar-refractivity contribution is 6.30. The molecule has 1 N–H and O–H groups in total. The van der Waals surface area contributed by atoms with E-state index >= 15 is 0 Å². The van der Waals surface area contributed by atoms with Crippen molar-refractivity contribution in [1.29, 1.82) is 0 Å². The number of hydrogen-bond donors (Lipinski definition) is 1. The molecule has 6 heteroatoms. The van der Waals surface area contributed by atoms with Crippen molar-refractivity contribution in [2.24, 2.45) is 0 Å². The van der Waals surface area contributed by atoms with Crippen LogP contribution in [0, 0.1) is 0 Å².